The number of likely N-dealkylation sites (tertiary alicyclic amines) is 1. The summed E-state index contributed by atoms with van der Waals surface area (Å²) < 4.78 is 7.44. The fourth-order valence-electron chi connectivity index (χ4n) is 4.18. The molecule has 7 heteroatoms. The Bertz CT molecular complexity index is 1050. The lowest BCUT2D eigenvalue weighted by molar-refractivity contribution is 0.0788. The van der Waals surface area contributed by atoms with Gasteiger partial charge in [0.05, 0.1) is 28.4 Å². The maximum Gasteiger partial charge on any atom is 0.259 e. The Kier molecular flexibility index (Phi) is 3.60. The van der Waals surface area contributed by atoms with Crippen molar-refractivity contribution in [1.82, 2.24) is 24.8 Å². The third kappa shape index (κ3) is 2.72. The lowest BCUT2D eigenvalue weighted by Gasteiger charge is -2.18. The number of hydrogen-bond acceptors (Lipinski definition) is 5. The van der Waals surface area contributed by atoms with Crippen molar-refractivity contribution in [3.63, 3.8) is 0 Å². The minimum atomic E-state index is 0.0413. The first kappa shape index (κ1) is 16.5. The third-order valence-electron chi connectivity index (χ3n) is 5.70. The predicted molar refractivity (Wildman–Crippen MR) is 99.8 cm³/mol. The molecular formula is C20H23N5O2. The molecule has 0 aromatic carbocycles. The first-order chi connectivity index (χ1) is 13.0. The molecule has 3 aromatic heterocycles. The normalized spacial score (nSPS) is 20.0. The highest BCUT2D eigenvalue weighted by atomic mass is 16.5. The van der Waals surface area contributed by atoms with E-state index in [1.165, 1.54) is 0 Å². The number of fused-ring (bicyclic) bond motifs is 1. The average molecular weight is 365 g/mol. The van der Waals surface area contributed by atoms with Crippen molar-refractivity contribution < 1.29 is 9.32 Å². The fourth-order valence-corrected chi connectivity index (χ4v) is 4.18. The number of rotatable bonds is 3. The minimum absolute atomic E-state index is 0.0413. The Morgan fingerprint density at radius 1 is 1.19 bits per heavy atom. The van der Waals surface area contributed by atoms with Crippen LogP contribution < -0.4 is 0 Å². The van der Waals surface area contributed by atoms with E-state index in [2.05, 4.69) is 32.9 Å². The highest BCUT2D eigenvalue weighted by molar-refractivity contribution is 6.06. The standard InChI is InChI=1S/C20H23N5O2/c1-11-8-12(2)25(22-11)15-6-7-24(10-15)20(26)16-9-17(14-4-5-14)21-19-18(16)13(3)23-27-19/h8-9,14-15H,4-7,10H2,1-3H3/t15-/m1/s1. The Morgan fingerprint density at radius 3 is 2.70 bits per heavy atom. The van der Waals surface area contributed by atoms with Crippen molar-refractivity contribution in [1.29, 1.82) is 0 Å². The molecule has 1 aliphatic heterocycles. The Morgan fingerprint density at radius 2 is 2.00 bits per heavy atom. The molecule has 1 saturated carbocycles. The van der Waals surface area contributed by atoms with Crippen LogP contribution in [0.1, 0.15) is 64.4 Å². The van der Waals surface area contributed by atoms with Crippen molar-refractivity contribution in [2.75, 3.05) is 13.1 Å². The quantitative estimate of drug-likeness (QED) is 0.712. The molecule has 0 bridgehead atoms. The molecule has 3 aromatic rings. The van der Waals surface area contributed by atoms with Gasteiger partial charge in [-0.05, 0) is 52.2 Å². The topological polar surface area (TPSA) is 77.0 Å². The van der Waals surface area contributed by atoms with Crippen molar-refractivity contribution in [3.05, 3.63) is 40.5 Å². The molecule has 1 amide bonds. The zero-order valence-electron chi connectivity index (χ0n) is 15.9. The van der Waals surface area contributed by atoms with Gasteiger partial charge in [0.2, 0.25) is 0 Å². The first-order valence-corrected chi connectivity index (χ1v) is 9.60. The Hall–Kier alpha value is -2.70. The maximum absolute atomic E-state index is 13.4. The van der Waals surface area contributed by atoms with Crippen LogP contribution in [-0.2, 0) is 0 Å². The summed E-state index contributed by atoms with van der Waals surface area (Å²) in [6, 6.07) is 4.27. The van der Waals surface area contributed by atoms with Gasteiger partial charge in [-0.1, -0.05) is 5.16 Å². The van der Waals surface area contributed by atoms with Gasteiger partial charge in [-0.3, -0.25) is 9.48 Å². The molecule has 2 fully saturated rings. The molecule has 1 saturated heterocycles. The predicted octanol–water partition coefficient (Wildman–Crippen LogP) is 3.31. The molecule has 27 heavy (non-hydrogen) atoms. The fraction of sp³-hybridized carbons (Fsp3) is 0.500. The Labute approximate surface area is 157 Å². The number of aryl methyl sites for hydroxylation is 3. The molecule has 140 valence electrons. The number of carbonyl (C=O) groups is 1. The maximum atomic E-state index is 13.4. The van der Waals surface area contributed by atoms with E-state index in [0.717, 1.165) is 54.0 Å². The van der Waals surface area contributed by atoms with Crippen LogP contribution in [0.25, 0.3) is 11.1 Å². The third-order valence-corrected chi connectivity index (χ3v) is 5.70. The summed E-state index contributed by atoms with van der Waals surface area (Å²) >= 11 is 0. The number of amides is 1. The lowest BCUT2D eigenvalue weighted by atomic mass is 10.1. The monoisotopic (exact) mass is 365 g/mol. The van der Waals surface area contributed by atoms with Gasteiger partial charge in [-0.15, -0.1) is 0 Å². The van der Waals surface area contributed by atoms with Gasteiger partial charge in [-0.2, -0.15) is 5.10 Å². The summed E-state index contributed by atoms with van der Waals surface area (Å²) in [6.45, 7) is 7.34. The molecular weight excluding hydrogens is 342 g/mol. The molecule has 4 heterocycles. The molecule has 7 nitrogen and oxygen atoms in total. The summed E-state index contributed by atoms with van der Waals surface area (Å²) in [5.41, 5.74) is 4.99. The largest absolute Gasteiger partial charge is 0.336 e. The van der Waals surface area contributed by atoms with Gasteiger partial charge in [0.25, 0.3) is 11.6 Å². The minimum Gasteiger partial charge on any atom is -0.336 e. The summed E-state index contributed by atoms with van der Waals surface area (Å²) in [7, 11) is 0. The van der Waals surface area contributed by atoms with Crippen molar-refractivity contribution in [2.24, 2.45) is 0 Å². The van der Waals surface area contributed by atoms with Crippen molar-refractivity contribution in [2.45, 2.75) is 52.0 Å². The molecule has 0 spiro atoms. The van der Waals surface area contributed by atoms with Crippen LogP contribution in [0.3, 0.4) is 0 Å². The van der Waals surface area contributed by atoms with Crippen LogP contribution in [0.5, 0.6) is 0 Å². The summed E-state index contributed by atoms with van der Waals surface area (Å²) in [6.07, 6.45) is 3.17. The van der Waals surface area contributed by atoms with E-state index in [1.807, 2.05) is 24.8 Å². The highest BCUT2D eigenvalue weighted by Gasteiger charge is 2.33. The molecule has 0 unspecified atom stereocenters. The van der Waals surface area contributed by atoms with Gasteiger partial charge in [-0.25, -0.2) is 4.98 Å². The summed E-state index contributed by atoms with van der Waals surface area (Å²) in [5, 5.41) is 9.39. The van der Waals surface area contributed by atoms with E-state index >= 15 is 0 Å². The van der Waals surface area contributed by atoms with Gasteiger partial charge < -0.3 is 9.42 Å². The molecule has 1 atom stereocenters. The SMILES string of the molecule is Cc1cc(C)n([C@@H]2CCN(C(=O)c3cc(C4CC4)nc4onc(C)c34)C2)n1. The second-order valence-corrected chi connectivity index (χ2v) is 7.88. The molecule has 0 radical (unpaired) electrons. The van der Waals surface area contributed by atoms with Gasteiger partial charge in [0.15, 0.2) is 0 Å². The van der Waals surface area contributed by atoms with Crippen LogP contribution in [0.15, 0.2) is 16.7 Å². The van der Waals surface area contributed by atoms with E-state index in [1.54, 1.807) is 0 Å². The van der Waals surface area contributed by atoms with E-state index < -0.39 is 0 Å². The molecule has 2 aliphatic rings. The number of carbonyl (C=O) groups excluding carboxylic acids is 1. The van der Waals surface area contributed by atoms with E-state index in [-0.39, 0.29) is 11.9 Å². The van der Waals surface area contributed by atoms with E-state index in [9.17, 15) is 4.79 Å². The van der Waals surface area contributed by atoms with Crippen LogP contribution in [-0.4, -0.2) is 43.8 Å². The zero-order valence-corrected chi connectivity index (χ0v) is 15.9. The van der Waals surface area contributed by atoms with Crippen LogP contribution in [0, 0.1) is 20.8 Å². The van der Waals surface area contributed by atoms with Gasteiger partial charge in [0.1, 0.15) is 0 Å². The van der Waals surface area contributed by atoms with Gasteiger partial charge >= 0.3 is 0 Å². The van der Waals surface area contributed by atoms with E-state index in [0.29, 0.717) is 23.7 Å². The number of hydrogen-bond donors (Lipinski definition) is 0. The smallest absolute Gasteiger partial charge is 0.259 e. The van der Waals surface area contributed by atoms with Crippen molar-refractivity contribution >= 4 is 17.0 Å². The highest BCUT2D eigenvalue weighted by Crippen LogP contribution is 2.40. The summed E-state index contributed by atoms with van der Waals surface area (Å²) in [4.78, 5) is 19.9. The first-order valence-electron chi connectivity index (χ1n) is 9.60. The lowest BCUT2D eigenvalue weighted by Crippen LogP contribution is -2.29. The second kappa shape index (κ2) is 5.90. The molecule has 1 aliphatic carbocycles. The van der Waals surface area contributed by atoms with Crippen molar-refractivity contribution in [3.8, 4) is 0 Å². The second-order valence-electron chi connectivity index (χ2n) is 7.88. The number of pyridine rings is 1. The average Bonchev–Trinajstić information content (AvgIpc) is 3.12. The van der Waals surface area contributed by atoms with E-state index in [4.69, 9.17) is 4.52 Å². The van der Waals surface area contributed by atoms with Crippen LogP contribution in [0.4, 0.5) is 0 Å². The number of nitrogens with zero attached hydrogens (tertiary/aromatic N) is 5. The summed E-state index contributed by atoms with van der Waals surface area (Å²) in [5.74, 6) is 0.493. The molecule has 5 rings (SSSR count). The Balaban J connectivity index is 1.47. The molecule has 0 N–H and O–H groups in total. The van der Waals surface area contributed by atoms with Crippen LogP contribution >= 0.6 is 0 Å². The van der Waals surface area contributed by atoms with Crippen LogP contribution in [0.2, 0.25) is 0 Å². The number of aromatic nitrogens is 4. The van der Waals surface area contributed by atoms with Gasteiger partial charge in [0, 0.05) is 30.4 Å². The zero-order chi connectivity index (χ0) is 18.7.